The molecule has 20 heteroatoms. The van der Waals surface area contributed by atoms with E-state index >= 15 is 0 Å². The Balaban J connectivity index is -0.0000000511. The topological polar surface area (TPSA) is 156 Å². The second-order valence-electron chi connectivity index (χ2n) is 8.09. The number of halogens is 5. The quantitative estimate of drug-likeness (QED) is 0.0789. The fourth-order valence-corrected chi connectivity index (χ4v) is 2.61. The number of hydrogen-bond acceptors (Lipinski definition) is 10. The Morgan fingerprint density at radius 2 is 0.875 bits per heavy atom. The van der Waals surface area contributed by atoms with Crippen LogP contribution < -0.4 is 9.86 Å². The van der Waals surface area contributed by atoms with E-state index in [1.807, 2.05) is 57.4 Å². The monoisotopic (exact) mass is 1370 g/mol. The SMILES string of the molecule is C1CCCCC1.C1CCCCC1.CC.CC.CC(=O)NSC(=O)O.CC(=O)O.COC(=O)SN.CS(C)=S.CS(C)=S.IC(I)I.II. The normalized spacial score (nSPS) is 11.4. The third-order valence-corrected chi connectivity index (χ3v) is 4.47. The number of carboxylic acids is 1. The lowest BCUT2D eigenvalue weighted by Crippen LogP contribution is -2.12. The van der Waals surface area contributed by atoms with Crippen molar-refractivity contribution in [1.29, 1.82) is 0 Å². The summed E-state index contributed by atoms with van der Waals surface area (Å²) >= 11 is 21.4. The number of nitrogens with two attached hydrogens (primary N) is 1. The van der Waals surface area contributed by atoms with Crippen molar-refractivity contribution < 1.29 is 34.1 Å². The Morgan fingerprint density at radius 1 is 0.708 bits per heavy atom. The molecule has 0 bridgehead atoms. The number of ether oxygens (including phenoxy) is 1. The number of methoxy groups -OCH3 is 1. The zero-order valence-electron chi connectivity index (χ0n) is 30.4. The van der Waals surface area contributed by atoms with Crippen LogP contribution in [-0.4, -0.2) is 64.8 Å². The summed E-state index contributed by atoms with van der Waals surface area (Å²) in [4.78, 5) is 38.4. The summed E-state index contributed by atoms with van der Waals surface area (Å²) < 4.78 is 6.86. The number of nitrogens with one attached hydrogen (secondary N) is 1. The van der Waals surface area contributed by atoms with Gasteiger partial charge in [-0.15, -0.1) is 18.9 Å². The highest BCUT2D eigenvalue weighted by Crippen LogP contribution is 2.16. The molecule has 298 valence electrons. The first kappa shape index (κ1) is 72.6. The second-order valence-corrected chi connectivity index (χ2v) is 27.3. The molecule has 2 rings (SSSR count). The molecule has 2 aliphatic rings. The third-order valence-electron chi connectivity index (χ3n) is 3.54. The van der Waals surface area contributed by atoms with Crippen LogP contribution in [0.4, 0.5) is 9.59 Å². The largest absolute Gasteiger partial charge is 0.481 e. The fourth-order valence-electron chi connectivity index (χ4n) is 2.28. The Hall–Kier alpha value is 3.33. The molecule has 0 heterocycles. The lowest BCUT2D eigenvalue weighted by Gasteiger charge is -2.05. The van der Waals surface area contributed by atoms with E-state index in [1.54, 1.807) is 0 Å². The molecule has 48 heavy (non-hydrogen) atoms. The van der Waals surface area contributed by atoms with Gasteiger partial charge in [-0.1, -0.05) is 195 Å². The third kappa shape index (κ3) is 195. The number of amides is 1. The lowest BCUT2D eigenvalue weighted by molar-refractivity contribution is -0.134. The van der Waals surface area contributed by atoms with Crippen LogP contribution in [-0.2, 0) is 55.6 Å². The molecule has 0 unspecified atom stereocenters. The Kier molecular flexibility index (Phi) is 114. The molecular formula is C28H63I5N2O7S6. The van der Waals surface area contributed by atoms with E-state index in [4.69, 9.17) is 20.1 Å². The summed E-state index contributed by atoms with van der Waals surface area (Å²) in [7, 11) is 1.72. The van der Waals surface area contributed by atoms with Crippen LogP contribution in [0, 0.1) is 0 Å². The van der Waals surface area contributed by atoms with Crippen LogP contribution in [0.25, 0.3) is 0 Å². The zero-order chi connectivity index (χ0) is 40.4. The number of carboxylic acid groups (broad SMARTS) is 2. The van der Waals surface area contributed by atoms with Gasteiger partial charge in [0.1, 0.15) is -0.0619 Å². The maximum Gasteiger partial charge on any atom is 0.385 e. The first-order valence-corrected chi connectivity index (χ1v) is 32.4. The Labute approximate surface area is 381 Å². The van der Waals surface area contributed by atoms with Gasteiger partial charge >= 0.3 is 10.6 Å². The molecular weight excluding hydrogens is 1300 g/mol. The van der Waals surface area contributed by atoms with E-state index in [2.05, 4.69) is 132 Å². The van der Waals surface area contributed by atoms with Crippen molar-refractivity contribution in [1.82, 2.24) is 4.72 Å². The number of hydrogen-bond donors (Lipinski definition) is 4. The van der Waals surface area contributed by atoms with Crippen molar-refractivity contribution in [3.05, 3.63) is 0 Å². The fraction of sp³-hybridized carbons (Fsp3) is 0.857. The summed E-state index contributed by atoms with van der Waals surface area (Å²) in [6.07, 6.45) is 26.0. The summed E-state index contributed by atoms with van der Waals surface area (Å²) in [5, 5.41) is 18.5. The summed E-state index contributed by atoms with van der Waals surface area (Å²) in [5.41, 5.74) is 0. The van der Waals surface area contributed by atoms with E-state index in [9.17, 15) is 14.4 Å². The maximum atomic E-state index is 9.95. The van der Waals surface area contributed by atoms with E-state index in [1.165, 1.54) is 91.1 Å². The van der Waals surface area contributed by atoms with Crippen LogP contribution in [0.1, 0.15) is 119 Å². The van der Waals surface area contributed by atoms with Crippen molar-refractivity contribution in [2.45, 2.75) is 119 Å². The zero-order valence-corrected chi connectivity index (χ0v) is 46.1. The van der Waals surface area contributed by atoms with Gasteiger partial charge in [0.2, 0.25) is 5.91 Å². The van der Waals surface area contributed by atoms with Gasteiger partial charge in [0.05, 0.1) is 19.1 Å². The van der Waals surface area contributed by atoms with Gasteiger partial charge in [0.15, 0.2) is 0 Å². The van der Waals surface area contributed by atoms with Gasteiger partial charge in [-0.25, -0.2) is 9.59 Å². The van der Waals surface area contributed by atoms with Gasteiger partial charge in [0.25, 0.3) is 5.97 Å². The minimum atomic E-state index is -1.11. The average molecular weight is 1370 g/mol. The van der Waals surface area contributed by atoms with Crippen molar-refractivity contribution in [2.24, 2.45) is 5.14 Å². The number of aliphatic carboxylic acids is 1. The molecule has 0 aromatic heterocycles. The van der Waals surface area contributed by atoms with E-state index < -0.39 is 16.6 Å². The van der Waals surface area contributed by atoms with Crippen molar-refractivity contribution in [2.75, 3.05) is 32.1 Å². The minimum absolute atomic E-state index is 0.222. The van der Waals surface area contributed by atoms with Gasteiger partial charge < -0.3 is 14.9 Å². The van der Waals surface area contributed by atoms with Gasteiger partial charge in [0, 0.05) is 63.0 Å². The van der Waals surface area contributed by atoms with Crippen LogP contribution in [0.5, 0.6) is 0 Å². The summed E-state index contributed by atoms with van der Waals surface area (Å²) in [6, 6.07) is 0. The highest BCUT2D eigenvalue weighted by Gasteiger charge is 1.97. The second kappa shape index (κ2) is 75.3. The number of carbonyl (C=O) groups is 4. The van der Waals surface area contributed by atoms with E-state index in [0.717, 1.165) is 6.86 Å². The molecule has 5 N–H and O–H groups in total. The van der Waals surface area contributed by atoms with Crippen molar-refractivity contribution >= 4 is 193 Å². The smallest absolute Gasteiger partial charge is 0.385 e. The molecule has 0 spiro atoms. The van der Waals surface area contributed by atoms with E-state index in [0.29, 0.717) is 23.9 Å². The molecule has 0 saturated heterocycles. The first-order chi connectivity index (χ1) is 22.4. The molecule has 0 atom stereocenters. The van der Waals surface area contributed by atoms with Crippen molar-refractivity contribution in [3.8, 4) is 0 Å². The average Bonchev–Trinajstić information content (AvgIpc) is 3.04. The molecule has 0 aliphatic heterocycles. The molecule has 2 fully saturated rings. The summed E-state index contributed by atoms with van der Waals surface area (Å²) in [5.74, 6) is -1.20. The molecule has 2 saturated carbocycles. The lowest BCUT2D eigenvalue weighted by atomic mass is 10.0. The number of carbonyl (C=O) groups excluding carboxylic acids is 2. The highest BCUT2D eigenvalue weighted by atomic mass is 128. The van der Waals surface area contributed by atoms with Gasteiger partial charge in [-0.2, -0.15) is 0 Å². The van der Waals surface area contributed by atoms with Crippen molar-refractivity contribution in [3.63, 3.8) is 0 Å². The summed E-state index contributed by atoms with van der Waals surface area (Å²) in [6.45, 7) is 10.3. The predicted molar refractivity (Wildman–Crippen MR) is 272 cm³/mol. The Morgan fingerprint density at radius 3 is 0.917 bits per heavy atom. The standard InChI is InChI=1S/2C6H12.C3H5NO3S.C2H5NO2S.C2H4O2.2C2H6S2.2C2H6.CHI3.I2/c2*1-2-4-6-5-3-1;1-2(5)4-8-3(6)7;1-5-2(4)6-3;1-2(3)4;2*1-4(2)3;2*1-2;2-1(3)4;1-2/h2*1-6H2;1H3,(H,4,5)(H,6,7);3H2,1H3;1H3,(H,3,4);2*1-2H3;2*1-2H3;1H;. The maximum absolute atomic E-state index is 9.95. The van der Waals surface area contributed by atoms with Gasteiger partial charge in [-0.05, 0) is 25.0 Å². The molecule has 0 aromatic carbocycles. The van der Waals surface area contributed by atoms with E-state index in [-0.39, 0.29) is 24.8 Å². The van der Waals surface area contributed by atoms with Crippen LogP contribution in [0.15, 0.2) is 0 Å². The molecule has 9 nitrogen and oxygen atoms in total. The molecule has 0 radical (unpaired) electrons. The van der Waals surface area contributed by atoms with Crippen LogP contribution in [0.2, 0.25) is 0 Å². The highest BCUT2D eigenvalue weighted by molar-refractivity contribution is 15.0. The van der Waals surface area contributed by atoms with Crippen LogP contribution >= 0.6 is 129 Å². The minimum Gasteiger partial charge on any atom is -0.481 e. The van der Waals surface area contributed by atoms with Crippen LogP contribution in [0.3, 0.4) is 0 Å². The molecule has 2 aliphatic carbocycles. The number of rotatable bonds is 0. The van der Waals surface area contributed by atoms with Gasteiger partial charge in [-0.3, -0.25) is 19.5 Å². The Bertz CT molecular complexity index is 588. The first-order valence-electron chi connectivity index (χ1n) is 14.7. The molecule has 1 amide bonds. The number of alkyl halides is 3. The predicted octanol–water partition coefficient (Wildman–Crippen LogP) is 12.6. The molecule has 0 aromatic rings.